The van der Waals surface area contributed by atoms with E-state index in [9.17, 15) is 0 Å². The molecule has 1 rings (SSSR count). The fraction of sp³-hybridized carbons (Fsp3) is 0.385. The Labute approximate surface area is 102 Å². The highest BCUT2D eigenvalue weighted by Crippen LogP contribution is 2.06. The molecule has 0 heterocycles. The fourth-order valence-electron chi connectivity index (χ4n) is 1.11. The molecule has 0 aromatic heterocycles. The average Bonchev–Trinajstić information content (AvgIpc) is 2.34. The van der Waals surface area contributed by atoms with E-state index in [1.807, 2.05) is 31.2 Å². The van der Waals surface area contributed by atoms with E-state index in [0.717, 1.165) is 11.1 Å². The summed E-state index contributed by atoms with van der Waals surface area (Å²) in [5, 5.41) is 0. The molecule has 0 fully saturated rings. The molecule has 0 N–H and O–H groups in total. The third-order valence-electron chi connectivity index (χ3n) is 1.86. The molecular weight excluding hydrogens is 224 g/mol. The van der Waals surface area contributed by atoms with Gasteiger partial charge in [0.2, 0.25) is 0 Å². The van der Waals surface area contributed by atoms with Crippen LogP contribution < -0.4 is 0 Å². The van der Waals surface area contributed by atoms with Crippen LogP contribution >= 0.6 is 11.6 Å². The van der Waals surface area contributed by atoms with Crippen LogP contribution in [0.5, 0.6) is 0 Å². The minimum atomic E-state index is 0.299. The second-order valence-corrected chi connectivity index (χ2v) is 3.36. The van der Waals surface area contributed by atoms with Crippen molar-refractivity contribution in [3.05, 3.63) is 35.4 Å². The summed E-state index contributed by atoms with van der Waals surface area (Å²) in [5.74, 6) is 6.43. The second-order valence-electron chi connectivity index (χ2n) is 3.09. The van der Waals surface area contributed by atoms with Crippen molar-refractivity contribution < 1.29 is 9.47 Å². The summed E-state index contributed by atoms with van der Waals surface area (Å²) < 4.78 is 10.1. The third-order valence-corrected chi connectivity index (χ3v) is 2.17. The number of ether oxygens (including phenoxy) is 2. The van der Waals surface area contributed by atoms with Crippen LogP contribution in [0.1, 0.15) is 18.1 Å². The Morgan fingerprint density at radius 1 is 1.31 bits per heavy atom. The second kappa shape index (κ2) is 8.18. The largest absolute Gasteiger partial charge is 0.356 e. The minimum absolute atomic E-state index is 0.299. The first kappa shape index (κ1) is 13.1. The van der Waals surface area contributed by atoms with Crippen molar-refractivity contribution in [3.8, 4) is 11.8 Å². The van der Waals surface area contributed by atoms with Crippen molar-refractivity contribution in [1.29, 1.82) is 0 Å². The fourth-order valence-corrected chi connectivity index (χ4v) is 1.27. The first-order valence-electron chi connectivity index (χ1n) is 5.16. The molecule has 0 spiro atoms. The van der Waals surface area contributed by atoms with E-state index < -0.39 is 0 Å². The molecule has 0 radical (unpaired) electrons. The van der Waals surface area contributed by atoms with Gasteiger partial charge in [0, 0.05) is 18.1 Å². The van der Waals surface area contributed by atoms with E-state index in [1.54, 1.807) is 0 Å². The highest BCUT2D eigenvalue weighted by Gasteiger charge is 1.90. The number of hydrogen-bond acceptors (Lipinski definition) is 2. The van der Waals surface area contributed by atoms with Crippen molar-refractivity contribution in [1.82, 2.24) is 0 Å². The zero-order chi connectivity index (χ0) is 11.6. The normalized spacial score (nSPS) is 9.62. The minimum Gasteiger partial charge on any atom is -0.356 e. The lowest BCUT2D eigenvalue weighted by Gasteiger charge is -1.98. The van der Waals surface area contributed by atoms with Gasteiger partial charge >= 0.3 is 0 Å². The molecule has 16 heavy (non-hydrogen) atoms. The monoisotopic (exact) mass is 238 g/mol. The SMILES string of the molecule is CCOCOCC#Cc1cccc(CCl)c1. The summed E-state index contributed by atoms with van der Waals surface area (Å²) in [5.41, 5.74) is 2.03. The standard InChI is InChI=1S/C13H15ClO2/c1-2-15-11-16-8-4-7-12-5-3-6-13(9-12)10-14/h3,5-6,9H,2,8,10-11H2,1H3. The molecule has 0 saturated carbocycles. The van der Waals surface area contributed by atoms with Gasteiger partial charge in [-0.15, -0.1) is 11.6 Å². The summed E-state index contributed by atoms with van der Waals surface area (Å²) in [6.45, 7) is 3.26. The van der Waals surface area contributed by atoms with Crippen LogP contribution in [0.4, 0.5) is 0 Å². The molecule has 0 aliphatic heterocycles. The Hall–Kier alpha value is -1.01. The highest BCUT2D eigenvalue weighted by molar-refractivity contribution is 6.17. The molecule has 0 atom stereocenters. The van der Waals surface area contributed by atoms with Crippen molar-refractivity contribution >= 4 is 11.6 Å². The van der Waals surface area contributed by atoms with Crippen molar-refractivity contribution in [2.75, 3.05) is 20.0 Å². The lowest BCUT2D eigenvalue weighted by molar-refractivity contribution is -0.0371. The van der Waals surface area contributed by atoms with Crippen LogP contribution in [0.15, 0.2) is 24.3 Å². The number of halogens is 1. The van der Waals surface area contributed by atoms with Crippen LogP contribution in [-0.2, 0) is 15.4 Å². The lowest BCUT2D eigenvalue weighted by Crippen LogP contribution is -1.99. The van der Waals surface area contributed by atoms with E-state index in [2.05, 4.69) is 11.8 Å². The number of rotatable bonds is 5. The van der Waals surface area contributed by atoms with Gasteiger partial charge < -0.3 is 9.47 Å². The summed E-state index contributed by atoms with van der Waals surface area (Å²) in [7, 11) is 0. The third kappa shape index (κ3) is 5.18. The van der Waals surface area contributed by atoms with Gasteiger partial charge in [0.05, 0.1) is 0 Å². The number of hydrogen-bond donors (Lipinski definition) is 0. The molecule has 0 unspecified atom stereocenters. The Morgan fingerprint density at radius 2 is 2.19 bits per heavy atom. The first-order valence-corrected chi connectivity index (χ1v) is 5.69. The first-order chi connectivity index (χ1) is 7.86. The Kier molecular flexibility index (Phi) is 6.67. The molecule has 0 amide bonds. The molecule has 86 valence electrons. The highest BCUT2D eigenvalue weighted by atomic mass is 35.5. The predicted molar refractivity (Wildman–Crippen MR) is 65.3 cm³/mol. The van der Waals surface area contributed by atoms with Gasteiger partial charge in [-0.2, -0.15) is 0 Å². The summed E-state index contributed by atoms with van der Waals surface area (Å²) >= 11 is 5.73. The molecular formula is C13H15ClO2. The Balaban J connectivity index is 2.37. The van der Waals surface area contributed by atoms with Gasteiger partial charge in [-0.25, -0.2) is 0 Å². The molecule has 2 nitrogen and oxygen atoms in total. The lowest BCUT2D eigenvalue weighted by atomic mass is 10.1. The Morgan fingerprint density at radius 3 is 2.94 bits per heavy atom. The smallest absolute Gasteiger partial charge is 0.148 e. The molecule has 0 aliphatic rings. The van der Waals surface area contributed by atoms with E-state index >= 15 is 0 Å². The van der Waals surface area contributed by atoms with Gasteiger partial charge in [-0.05, 0) is 24.6 Å². The van der Waals surface area contributed by atoms with E-state index in [1.165, 1.54) is 0 Å². The van der Waals surface area contributed by atoms with Gasteiger partial charge in [-0.3, -0.25) is 0 Å². The van der Waals surface area contributed by atoms with Gasteiger partial charge in [-0.1, -0.05) is 24.0 Å². The topological polar surface area (TPSA) is 18.5 Å². The van der Waals surface area contributed by atoms with Crippen LogP contribution in [0.3, 0.4) is 0 Å². The molecule has 0 bridgehead atoms. The Bertz CT molecular complexity index is 366. The van der Waals surface area contributed by atoms with E-state index in [0.29, 0.717) is 25.9 Å². The zero-order valence-electron chi connectivity index (χ0n) is 9.33. The zero-order valence-corrected chi connectivity index (χ0v) is 10.1. The predicted octanol–water partition coefficient (Wildman–Crippen LogP) is 2.79. The van der Waals surface area contributed by atoms with E-state index in [4.69, 9.17) is 21.1 Å². The molecule has 1 aromatic carbocycles. The van der Waals surface area contributed by atoms with Crippen LogP contribution in [0.2, 0.25) is 0 Å². The van der Waals surface area contributed by atoms with Crippen molar-refractivity contribution in [3.63, 3.8) is 0 Å². The summed E-state index contributed by atoms with van der Waals surface area (Å²) in [6.07, 6.45) is 0. The maximum atomic E-state index is 5.73. The number of alkyl halides is 1. The molecule has 0 saturated heterocycles. The van der Waals surface area contributed by atoms with Crippen molar-refractivity contribution in [2.24, 2.45) is 0 Å². The average molecular weight is 239 g/mol. The van der Waals surface area contributed by atoms with Gasteiger partial charge in [0.1, 0.15) is 13.4 Å². The van der Waals surface area contributed by atoms with Gasteiger partial charge in [0.25, 0.3) is 0 Å². The molecule has 3 heteroatoms. The molecule has 1 aromatic rings. The van der Waals surface area contributed by atoms with E-state index in [-0.39, 0.29) is 0 Å². The maximum Gasteiger partial charge on any atom is 0.148 e. The maximum absolute atomic E-state index is 5.73. The van der Waals surface area contributed by atoms with Crippen LogP contribution in [-0.4, -0.2) is 20.0 Å². The van der Waals surface area contributed by atoms with Crippen LogP contribution in [0.25, 0.3) is 0 Å². The van der Waals surface area contributed by atoms with Crippen LogP contribution in [0, 0.1) is 11.8 Å². The van der Waals surface area contributed by atoms with Crippen molar-refractivity contribution in [2.45, 2.75) is 12.8 Å². The quantitative estimate of drug-likeness (QED) is 0.340. The molecule has 0 aliphatic carbocycles. The summed E-state index contributed by atoms with van der Waals surface area (Å²) in [4.78, 5) is 0. The van der Waals surface area contributed by atoms with Gasteiger partial charge in [0.15, 0.2) is 0 Å². The number of benzene rings is 1. The summed E-state index contributed by atoms with van der Waals surface area (Å²) in [6, 6.07) is 7.85.